The van der Waals surface area contributed by atoms with Crippen molar-refractivity contribution in [3.8, 4) is 33.4 Å². The molecule has 0 saturated carbocycles. The van der Waals surface area contributed by atoms with Crippen molar-refractivity contribution >= 4 is 55.2 Å². The fraction of sp³-hybridized carbons (Fsp3) is 0. The molecular weight excluding hydrogens is 577 g/mol. The topological polar surface area (TPSA) is 0 Å². The maximum Gasteiger partial charge on any atom is -0.00201 e. The zero-order valence-electron chi connectivity index (χ0n) is 26.5. The van der Waals surface area contributed by atoms with Gasteiger partial charge in [-0.2, -0.15) is 0 Å². The third-order valence-electron chi connectivity index (χ3n) is 9.67. The fourth-order valence-corrected chi connectivity index (χ4v) is 7.36. The predicted octanol–water partition coefficient (Wildman–Crippen LogP) is 13.5. The molecule has 0 aromatic heterocycles. The third kappa shape index (κ3) is 4.87. The molecular formula is C48H32. The largest absolute Gasteiger partial charge is 0.0622 e. The van der Waals surface area contributed by atoms with Gasteiger partial charge in [0.25, 0.3) is 0 Å². The molecule has 9 aromatic carbocycles. The zero-order valence-corrected chi connectivity index (χ0v) is 26.5. The van der Waals surface area contributed by atoms with Gasteiger partial charge in [-0.3, -0.25) is 0 Å². The highest BCUT2D eigenvalue weighted by Crippen LogP contribution is 2.45. The van der Waals surface area contributed by atoms with Gasteiger partial charge >= 0.3 is 0 Å². The highest BCUT2D eigenvalue weighted by Gasteiger charge is 2.18. The van der Waals surface area contributed by atoms with Crippen molar-refractivity contribution in [1.82, 2.24) is 0 Å². The summed E-state index contributed by atoms with van der Waals surface area (Å²) in [6.45, 7) is 0. The van der Waals surface area contributed by atoms with E-state index in [2.05, 4.69) is 194 Å². The normalized spacial score (nSPS) is 11.7. The average molecular weight is 609 g/mol. The van der Waals surface area contributed by atoms with Crippen LogP contribution in [0.5, 0.6) is 0 Å². The van der Waals surface area contributed by atoms with E-state index in [4.69, 9.17) is 0 Å². The second kappa shape index (κ2) is 11.8. The minimum absolute atomic E-state index is 1.18. The standard InChI is InChI=1S/C48H32/c1-2-13-37(14-3-1)47-42-18-8-10-20-44(42)48(45-21-11-9-19-43(45)47)46-31-30-36(40-16-6-7-17-41(40)46)27-24-33-22-25-35(26-23-33)39-29-28-34-12-4-5-15-38(34)32-39/h1-32H. The van der Waals surface area contributed by atoms with E-state index in [9.17, 15) is 0 Å². The van der Waals surface area contributed by atoms with E-state index in [0.29, 0.717) is 0 Å². The summed E-state index contributed by atoms with van der Waals surface area (Å²) in [4.78, 5) is 0. The lowest BCUT2D eigenvalue weighted by molar-refractivity contribution is 1.62. The summed E-state index contributed by atoms with van der Waals surface area (Å²) in [7, 11) is 0. The Hall–Kier alpha value is -6.24. The van der Waals surface area contributed by atoms with Crippen molar-refractivity contribution in [2.75, 3.05) is 0 Å². The first-order valence-corrected chi connectivity index (χ1v) is 16.6. The first-order chi connectivity index (χ1) is 23.8. The van der Waals surface area contributed by atoms with Crippen molar-refractivity contribution in [1.29, 1.82) is 0 Å². The predicted molar refractivity (Wildman–Crippen MR) is 208 cm³/mol. The Morgan fingerprint density at radius 3 is 1.52 bits per heavy atom. The molecule has 0 saturated heterocycles. The monoisotopic (exact) mass is 608 g/mol. The SMILES string of the molecule is C(=Cc1ccc(-c2c3ccccc3c(-c3ccccc3)c3ccccc23)c2ccccc12)c1ccc(-c2ccc3ccccc3c2)cc1. The molecule has 48 heavy (non-hydrogen) atoms. The molecule has 0 unspecified atom stereocenters. The molecule has 0 radical (unpaired) electrons. The second-order valence-corrected chi connectivity index (χ2v) is 12.5. The van der Waals surface area contributed by atoms with Gasteiger partial charge in [0.1, 0.15) is 0 Å². The Labute approximate surface area is 280 Å². The smallest absolute Gasteiger partial charge is 0.00201 e. The lowest BCUT2D eigenvalue weighted by Gasteiger charge is -2.19. The molecule has 224 valence electrons. The van der Waals surface area contributed by atoms with E-state index >= 15 is 0 Å². The van der Waals surface area contributed by atoms with Crippen molar-refractivity contribution in [3.05, 3.63) is 193 Å². The van der Waals surface area contributed by atoms with E-state index in [0.717, 1.165) is 0 Å². The van der Waals surface area contributed by atoms with E-state index < -0.39 is 0 Å². The molecule has 9 rings (SSSR count). The summed E-state index contributed by atoms with van der Waals surface area (Å²) in [6.07, 6.45) is 4.48. The highest BCUT2D eigenvalue weighted by atomic mass is 14.2. The van der Waals surface area contributed by atoms with E-state index in [1.807, 2.05) is 0 Å². The van der Waals surface area contributed by atoms with Crippen LogP contribution in [-0.4, -0.2) is 0 Å². The number of hydrogen-bond donors (Lipinski definition) is 0. The second-order valence-electron chi connectivity index (χ2n) is 12.5. The van der Waals surface area contributed by atoms with Gasteiger partial charge < -0.3 is 0 Å². The minimum atomic E-state index is 1.18. The molecule has 0 atom stereocenters. The van der Waals surface area contributed by atoms with Gasteiger partial charge in [-0.1, -0.05) is 188 Å². The van der Waals surface area contributed by atoms with Crippen LogP contribution in [0.3, 0.4) is 0 Å². The molecule has 0 bridgehead atoms. The van der Waals surface area contributed by atoms with Gasteiger partial charge in [-0.15, -0.1) is 0 Å². The number of fused-ring (bicyclic) bond motifs is 4. The molecule has 0 aliphatic carbocycles. The van der Waals surface area contributed by atoms with Crippen LogP contribution in [0.1, 0.15) is 11.1 Å². The van der Waals surface area contributed by atoms with E-state index in [1.54, 1.807) is 0 Å². The van der Waals surface area contributed by atoms with Crippen molar-refractivity contribution in [2.45, 2.75) is 0 Å². The van der Waals surface area contributed by atoms with Crippen LogP contribution < -0.4 is 0 Å². The zero-order chi connectivity index (χ0) is 31.9. The summed E-state index contributed by atoms with van der Waals surface area (Å²) in [6, 6.07) is 66.1. The molecule has 0 aliphatic rings. The molecule has 9 aromatic rings. The lowest BCUT2D eigenvalue weighted by atomic mass is 9.84. The van der Waals surface area contributed by atoms with Gasteiger partial charge in [0.05, 0.1) is 0 Å². The molecule has 0 heterocycles. The first-order valence-electron chi connectivity index (χ1n) is 16.6. The highest BCUT2D eigenvalue weighted by molar-refractivity contribution is 6.23. The molecule has 0 N–H and O–H groups in total. The van der Waals surface area contributed by atoms with Gasteiger partial charge in [0.15, 0.2) is 0 Å². The Morgan fingerprint density at radius 1 is 0.292 bits per heavy atom. The summed E-state index contributed by atoms with van der Waals surface area (Å²) >= 11 is 0. The van der Waals surface area contributed by atoms with Crippen LogP contribution >= 0.6 is 0 Å². The molecule has 0 nitrogen and oxygen atoms in total. The third-order valence-corrected chi connectivity index (χ3v) is 9.67. The number of rotatable bonds is 5. The molecule has 0 amide bonds. The molecule has 0 aliphatic heterocycles. The molecule has 0 fully saturated rings. The summed E-state index contributed by atoms with van der Waals surface area (Å²) in [5.41, 5.74) is 9.94. The van der Waals surface area contributed by atoms with Crippen LogP contribution in [0.4, 0.5) is 0 Å². The van der Waals surface area contributed by atoms with Crippen LogP contribution in [-0.2, 0) is 0 Å². The van der Waals surface area contributed by atoms with Crippen molar-refractivity contribution < 1.29 is 0 Å². The minimum Gasteiger partial charge on any atom is -0.0622 e. The Morgan fingerprint density at radius 2 is 0.833 bits per heavy atom. The van der Waals surface area contributed by atoms with Gasteiger partial charge in [-0.25, -0.2) is 0 Å². The van der Waals surface area contributed by atoms with E-state index in [1.165, 1.54) is 87.6 Å². The van der Waals surface area contributed by atoms with Crippen LogP contribution in [0.25, 0.3) is 88.6 Å². The van der Waals surface area contributed by atoms with Crippen LogP contribution in [0.2, 0.25) is 0 Å². The van der Waals surface area contributed by atoms with Crippen LogP contribution in [0, 0.1) is 0 Å². The lowest BCUT2D eigenvalue weighted by Crippen LogP contribution is -1.92. The van der Waals surface area contributed by atoms with Crippen molar-refractivity contribution in [2.24, 2.45) is 0 Å². The summed E-state index contributed by atoms with van der Waals surface area (Å²) in [5.74, 6) is 0. The molecule has 0 heteroatoms. The molecule has 0 spiro atoms. The van der Waals surface area contributed by atoms with Gasteiger partial charge in [-0.05, 0) is 93.7 Å². The summed E-state index contributed by atoms with van der Waals surface area (Å²) in [5, 5.41) is 10.1. The average Bonchev–Trinajstić information content (AvgIpc) is 3.16. The van der Waals surface area contributed by atoms with Crippen LogP contribution in [0.15, 0.2) is 182 Å². The number of hydrogen-bond acceptors (Lipinski definition) is 0. The van der Waals surface area contributed by atoms with Gasteiger partial charge in [0, 0.05) is 0 Å². The number of benzene rings is 9. The fourth-order valence-electron chi connectivity index (χ4n) is 7.36. The Balaban J connectivity index is 1.14. The summed E-state index contributed by atoms with van der Waals surface area (Å²) < 4.78 is 0. The van der Waals surface area contributed by atoms with Crippen molar-refractivity contribution in [3.63, 3.8) is 0 Å². The van der Waals surface area contributed by atoms with E-state index in [-0.39, 0.29) is 0 Å². The quantitative estimate of drug-likeness (QED) is 0.135. The van der Waals surface area contributed by atoms with Gasteiger partial charge in [0.2, 0.25) is 0 Å². The maximum atomic E-state index is 2.32. The Kier molecular flexibility index (Phi) is 6.91. The Bertz CT molecular complexity index is 2580. The maximum absolute atomic E-state index is 2.32. The first kappa shape index (κ1) is 28.0.